The number of nitrogens with zero attached hydrogens (tertiary/aromatic N) is 3. The fourth-order valence-corrected chi connectivity index (χ4v) is 3.16. The largest absolute Gasteiger partial charge is 0.349 e. The molecule has 1 N–H and O–H groups in total. The SMILES string of the molecule is CN1C(=O)c2cccn2CC1CNC(=O)c1ccc2ccccc2n1. The number of fused-ring (bicyclic) bond motifs is 2. The first-order chi connectivity index (χ1) is 12.1. The number of carbonyl (C=O) groups is 2. The number of hydrogen-bond acceptors (Lipinski definition) is 3. The Kier molecular flexibility index (Phi) is 3.72. The van der Waals surface area contributed by atoms with Gasteiger partial charge in [0.1, 0.15) is 11.4 Å². The van der Waals surface area contributed by atoms with Gasteiger partial charge in [0.25, 0.3) is 11.8 Å². The van der Waals surface area contributed by atoms with Crippen LogP contribution >= 0.6 is 0 Å². The summed E-state index contributed by atoms with van der Waals surface area (Å²) in [7, 11) is 1.77. The lowest BCUT2D eigenvalue weighted by atomic mass is 10.1. The normalized spacial score (nSPS) is 16.8. The van der Waals surface area contributed by atoms with E-state index in [9.17, 15) is 9.59 Å². The average molecular weight is 334 g/mol. The lowest BCUT2D eigenvalue weighted by molar-refractivity contribution is 0.0645. The van der Waals surface area contributed by atoms with Gasteiger partial charge in [0, 0.05) is 31.7 Å². The Morgan fingerprint density at radius 1 is 1.20 bits per heavy atom. The van der Waals surface area contributed by atoms with Crippen LogP contribution in [0.3, 0.4) is 0 Å². The molecule has 126 valence electrons. The quantitative estimate of drug-likeness (QED) is 0.796. The molecule has 2 amide bonds. The lowest BCUT2D eigenvalue weighted by Gasteiger charge is -2.33. The zero-order chi connectivity index (χ0) is 17.4. The maximum atomic E-state index is 12.4. The fraction of sp³-hybridized carbons (Fsp3) is 0.211. The average Bonchev–Trinajstić information content (AvgIpc) is 3.11. The molecule has 0 saturated carbocycles. The van der Waals surface area contributed by atoms with Crippen LogP contribution < -0.4 is 5.32 Å². The number of likely N-dealkylation sites (N-methyl/N-ethyl adjacent to an activating group) is 1. The summed E-state index contributed by atoms with van der Waals surface area (Å²) in [6.07, 6.45) is 1.89. The van der Waals surface area contributed by atoms with Crippen LogP contribution in [0.1, 0.15) is 21.0 Å². The smallest absolute Gasteiger partial charge is 0.270 e. The molecule has 3 aromatic rings. The summed E-state index contributed by atoms with van der Waals surface area (Å²) < 4.78 is 1.92. The predicted molar refractivity (Wildman–Crippen MR) is 94.4 cm³/mol. The highest BCUT2D eigenvalue weighted by Gasteiger charge is 2.29. The van der Waals surface area contributed by atoms with Gasteiger partial charge in [-0.2, -0.15) is 0 Å². The Balaban J connectivity index is 1.47. The first-order valence-electron chi connectivity index (χ1n) is 8.20. The second-order valence-corrected chi connectivity index (χ2v) is 6.21. The molecule has 3 heterocycles. The number of para-hydroxylation sites is 1. The number of hydrogen-bond donors (Lipinski definition) is 1. The maximum Gasteiger partial charge on any atom is 0.270 e. The van der Waals surface area contributed by atoms with Crippen molar-refractivity contribution in [1.82, 2.24) is 19.8 Å². The van der Waals surface area contributed by atoms with Crippen LogP contribution in [-0.2, 0) is 6.54 Å². The van der Waals surface area contributed by atoms with Gasteiger partial charge < -0.3 is 14.8 Å². The summed E-state index contributed by atoms with van der Waals surface area (Å²) in [5, 5.41) is 3.90. The third-order valence-corrected chi connectivity index (χ3v) is 4.65. The lowest BCUT2D eigenvalue weighted by Crippen LogP contribution is -2.50. The van der Waals surface area contributed by atoms with Crippen LogP contribution in [0.4, 0.5) is 0 Å². The van der Waals surface area contributed by atoms with Crippen molar-refractivity contribution >= 4 is 22.7 Å². The maximum absolute atomic E-state index is 12.4. The third-order valence-electron chi connectivity index (χ3n) is 4.65. The van der Waals surface area contributed by atoms with E-state index < -0.39 is 0 Å². The van der Waals surface area contributed by atoms with Crippen molar-refractivity contribution in [3.63, 3.8) is 0 Å². The van der Waals surface area contributed by atoms with Crippen molar-refractivity contribution in [2.75, 3.05) is 13.6 Å². The highest BCUT2D eigenvalue weighted by atomic mass is 16.2. The van der Waals surface area contributed by atoms with E-state index in [0.29, 0.717) is 24.5 Å². The number of amides is 2. The molecular formula is C19H18N4O2. The molecule has 1 aromatic carbocycles. The van der Waals surface area contributed by atoms with Crippen molar-refractivity contribution in [1.29, 1.82) is 0 Å². The molecule has 0 radical (unpaired) electrons. The Labute approximate surface area is 145 Å². The molecule has 0 bridgehead atoms. The van der Waals surface area contributed by atoms with Gasteiger partial charge in [-0.1, -0.05) is 24.3 Å². The van der Waals surface area contributed by atoms with Gasteiger partial charge in [-0.25, -0.2) is 4.98 Å². The molecule has 4 rings (SSSR count). The molecule has 6 heteroatoms. The van der Waals surface area contributed by atoms with Crippen LogP contribution in [0, 0.1) is 0 Å². The van der Waals surface area contributed by atoms with Crippen LogP contribution in [0.25, 0.3) is 10.9 Å². The van der Waals surface area contributed by atoms with E-state index in [-0.39, 0.29) is 17.9 Å². The van der Waals surface area contributed by atoms with Gasteiger partial charge in [-0.3, -0.25) is 9.59 Å². The minimum atomic E-state index is -0.232. The van der Waals surface area contributed by atoms with Crippen LogP contribution in [-0.4, -0.2) is 45.9 Å². The predicted octanol–water partition coefficient (Wildman–Crippen LogP) is 1.92. The van der Waals surface area contributed by atoms with E-state index in [4.69, 9.17) is 0 Å². The number of rotatable bonds is 3. The number of carbonyl (C=O) groups excluding carboxylic acids is 2. The molecule has 1 aliphatic rings. The van der Waals surface area contributed by atoms with E-state index >= 15 is 0 Å². The van der Waals surface area contributed by atoms with Gasteiger partial charge in [0.15, 0.2) is 0 Å². The molecule has 1 aliphatic heterocycles. The first-order valence-corrected chi connectivity index (χ1v) is 8.20. The van der Waals surface area contributed by atoms with Gasteiger partial charge in [-0.05, 0) is 24.3 Å². The van der Waals surface area contributed by atoms with Gasteiger partial charge in [-0.15, -0.1) is 0 Å². The van der Waals surface area contributed by atoms with Gasteiger partial charge in [0.05, 0.1) is 11.6 Å². The number of benzene rings is 1. The minimum absolute atomic E-state index is 0.0284. The van der Waals surface area contributed by atoms with Crippen molar-refractivity contribution < 1.29 is 9.59 Å². The zero-order valence-corrected chi connectivity index (χ0v) is 13.8. The standard InChI is InChI=1S/C19H18N4O2/c1-22-14(12-23-10-4-7-17(23)19(22)25)11-20-18(24)16-9-8-13-5-2-3-6-15(13)21-16/h2-10,14H,11-12H2,1H3,(H,20,24). The van der Waals surface area contributed by atoms with E-state index in [0.717, 1.165) is 10.9 Å². The third kappa shape index (κ3) is 2.76. The first kappa shape index (κ1) is 15.4. The van der Waals surface area contributed by atoms with Crippen LogP contribution in [0.2, 0.25) is 0 Å². The summed E-state index contributed by atoms with van der Waals surface area (Å²) in [5.41, 5.74) is 1.85. The second-order valence-electron chi connectivity index (χ2n) is 6.21. The molecule has 0 aliphatic carbocycles. The van der Waals surface area contributed by atoms with Crippen molar-refractivity contribution in [2.24, 2.45) is 0 Å². The zero-order valence-electron chi connectivity index (χ0n) is 13.8. The highest BCUT2D eigenvalue weighted by molar-refractivity contribution is 5.95. The molecule has 6 nitrogen and oxygen atoms in total. The Morgan fingerprint density at radius 2 is 2.04 bits per heavy atom. The molecule has 0 saturated heterocycles. The van der Waals surface area contributed by atoms with Crippen LogP contribution in [0.5, 0.6) is 0 Å². The Morgan fingerprint density at radius 3 is 2.92 bits per heavy atom. The number of nitrogens with one attached hydrogen (secondary N) is 1. The summed E-state index contributed by atoms with van der Waals surface area (Å²) >= 11 is 0. The molecule has 1 atom stereocenters. The van der Waals surface area contributed by atoms with Crippen molar-refractivity contribution in [2.45, 2.75) is 12.6 Å². The number of pyridine rings is 1. The molecule has 0 spiro atoms. The summed E-state index contributed by atoms with van der Waals surface area (Å²) in [6, 6.07) is 14.9. The summed E-state index contributed by atoms with van der Waals surface area (Å²) in [4.78, 5) is 30.8. The summed E-state index contributed by atoms with van der Waals surface area (Å²) in [5.74, 6) is -0.260. The monoisotopic (exact) mass is 334 g/mol. The van der Waals surface area contributed by atoms with Crippen molar-refractivity contribution in [3.05, 3.63) is 66.1 Å². The van der Waals surface area contributed by atoms with E-state index in [1.807, 2.05) is 53.2 Å². The Hall–Kier alpha value is -3.15. The second kappa shape index (κ2) is 6.05. The highest BCUT2D eigenvalue weighted by Crippen LogP contribution is 2.16. The van der Waals surface area contributed by atoms with Gasteiger partial charge >= 0.3 is 0 Å². The molecule has 2 aromatic heterocycles. The minimum Gasteiger partial charge on any atom is -0.349 e. The number of aromatic nitrogens is 2. The van der Waals surface area contributed by atoms with Gasteiger partial charge in [0.2, 0.25) is 0 Å². The molecule has 0 fully saturated rings. The van der Waals surface area contributed by atoms with Crippen molar-refractivity contribution in [3.8, 4) is 0 Å². The molecule has 25 heavy (non-hydrogen) atoms. The van der Waals surface area contributed by atoms with E-state index in [1.54, 1.807) is 18.0 Å². The molecule has 1 unspecified atom stereocenters. The summed E-state index contributed by atoms with van der Waals surface area (Å²) in [6.45, 7) is 1.04. The fourth-order valence-electron chi connectivity index (χ4n) is 3.16. The Bertz CT molecular complexity index is 963. The molecular weight excluding hydrogens is 316 g/mol. The van der Waals surface area contributed by atoms with E-state index in [2.05, 4.69) is 10.3 Å². The van der Waals surface area contributed by atoms with Crippen LogP contribution in [0.15, 0.2) is 54.7 Å². The van der Waals surface area contributed by atoms with E-state index in [1.165, 1.54) is 0 Å². The topological polar surface area (TPSA) is 67.2 Å².